The Balaban J connectivity index is 1.52. The van der Waals surface area contributed by atoms with E-state index in [1.54, 1.807) is 29.2 Å². The van der Waals surface area contributed by atoms with E-state index in [4.69, 9.17) is 0 Å². The van der Waals surface area contributed by atoms with Gasteiger partial charge in [-0.15, -0.1) is 0 Å². The molecule has 4 rings (SSSR count). The van der Waals surface area contributed by atoms with Gasteiger partial charge in [-0.25, -0.2) is 8.42 Å². The largest absolute Gasteiger partial charge is 0.339 e. The van der Waals surface area contributed by atoms with Crippen LogP contribution in [0.1, 0.15) is 42.5 Å². The number of likely N-dealkylation sites (tertiary alicyclic amines) is 1. The summed E-state index contributed by atoms with van der Waals surface area (Å²) in [7, 11) is -4.03. The minimum absolute atomic E-state index is 0.0892. The molecule has 2 fully saturated rings. The second-order valence-electron chi connectivity index (χ2n) is 8.45. The van der Waals surface area contributed by atoms with Gasteiger partial charge in [-0.3, -0.25) is 19.7 Å². The smallest absolute Gasteiger partial charge is 0.269 e. The van der Waals surface area contributed by atoms with E-state index in [0.717, 1.165) is 29.3 Å². The molecule has 1 N–H and O–H groups in total. The number of benzene rings is 2. The van der Waals surface area contributed by atoms with E-state index in [1.165, 1.54) is 12.1 Å². The highest BCUT2D eigenvalue weighted by atomic mass is 32.2. The van der Waals surface area contributed by atoms with Crippen LogP contribution >= 0.6 is 0 Å². The molecule has 10 nitrogen and oxygen atoms in total. The van der Waals surface area contributed by atoms with Gasteiger partial charge in [0.2, 0.25) is 15.9 Å². The van der Waals surface area contributed by atoms with E-state index < -0.39 is 26.9 Å². The summed E-state index contributed by atoms with van der Waals surface area (Å²) in [6.07, 6.45) is 3.60. The third-order valence-electron chi connectivity index (χ3n) is 6.18. The summed E-state index contributed by atoms with van der Waals surface area (Å²) in [5.74, 6) is -0.565. The lowest BCUT2D eigenvalue weighted by Crippen LogP contribution is -2.49. The number of nitro groups is 1. The van der Waals surface area contributed by atoms with Crippen LogP contribution in [0.2, 0.25) is 0 Å². The van der Waals surface area contributed by atoms with E-state index in [0.29, 0.717) is 43.6 Å². The maximum atomic E-state index is 13.3. The summed E-state index contributed by atoms with van der Waals surface area (Å²) < 4.78 is 27.7. The van der Waals surface area contributed by atoms with Gasteiger partial charge in [0.15, 0.2) is 0 Å². The van der Waals surface area contributed by atoms with Crippen LogP contribution in [0.15, 0.2) is 53.4 Å². The average Bonchev–Trinajstić information content (AvgIpc) is 3.39. The van der Waals surface area contributed by atoms with Crippen LogP contribution in [-0.2, 0) is 14.8 Å². The lowest BCUT2D eigenvalue weighted by Gasteiger charge is -2.33. The number of hydrogen-bond donors (Lipinski definition) is 1. The molecule has 0 aromatic heterocycles. The minimum atomic E-state index is -4.03. The highest BCUT2D eigenvalue weighted by Crippen LogP contribution is 2.28. The van der Waals surface area contributed by atoms with Crippen LogP contribution in [0.4, 0.5) is 11.4 Å². The van der Waals surface area contributed by atoms with Gasteiger partial charge in [-0.05, 0) is 56.0 Å². The van der Waals surface area contributed by atoms with Crippen molar-refractivity contribution in [2.24, 2.45) is 0 Å². The Morgan fingerprint density at radius 1 is 0.971 bits per heavy atom. The number of non-ortho nitro benzene ring substituents is 1. The Hall–Kier alpha value is -3.31. The quantitative estimate of drug-likeness (QED) is 0.493. The summed E-state index contributed by atoms with van der Waals surface area (Å²) in [4.78, 5) is 37.8. The summed E-state index contributed by atoms with van der Waals surface area (Å²) >= 11 is 0. The van der Waals surface area contributed by atoms with Crippen molar-refractivity contribution in [2.75, 3.05) is 25.0 Å². The number of nitrogens with zero attached hydrogens (tertiary/aromatic N) is 3. The van der Waals surface area contributed by atoms with E-state index in [9.17, 15) is 28.1 Å². The molecular formula is C23H26N4O6S. The Kier molecular flexibility index (Phi) is 6.94. The van der Waals surface area contributed by atoms with Crippen LogP contribution in [-0.4, -0.2) is 60.0 Å². The highest BCUT2D eigenvalue weighted by molar-refractivity contribution is 7.89. The number of nitrogens with one attached hydrogen (secondary N) is 1. The first-order valence-corrected chi connectivity index (χ1v) is 12.7. The number of rotatable bonds is 6. The predicted octanol–water partition coefficient (Wildman–Crippen LogP) is 3.01. The molecule has 1 unspecified atom stereocenters. The van der Waals surface area contributed by atoms with Crippen LogP contribution in [0.3, 0.4) is 0 Å². The zero-order valence-corrected chi connectivity index (χ0v) is 19.4. The molecule has 2 amide bonds. The Labute approximate surface area is 197 Å². The molecule has 1 atom stereocenters. The molecule has 0 spiro atoms. The van der Waals surface area contributed by atoms with Gasteiger partial charge >= 0.3 is 0 Å². The van der Waals surface area contributed by atoms with Gasteiger partial charge in [0.25, 0.3) is 11.6 Å². The molecule has 2 aliphatic heterocycles. The zero-order valence-electron chi connectivity index (χ0n) is 18.6. The second-order valence-corrected chi connectivity index (χ2v) is 10.3. The Bertz CT molecular complexity index is 1190. The number of carbonyl (C=O) groups is 2. The number of sulfonamides is 1. The Morgan fingerprint density at radius 3 is 2.32 bits per heavy atom. The van der Waals surface area contributed by atoms with Crippen molar-refractivity contribution >= 4 is 33.2 Å². The van der Waals surface area contributed by atoms with Crippen molar-refractivity contribution in [3.8, 4) is 0 Å². The summed E-state index contributed by atoms with van der Waals surface area (Å²) in [5.41, 5.74) is 0.683. The van der Waals surface area contributed by atoms with Gasteiger partial charge in [-0.2, -0.15) is 4.31 Å². The first-order valence-electron chi connectivity index (χ1n) is 11.2. The van der Waals surface area contributed by atoms with E-state index in [-0.39, 0.29) is 23.0 Å². The molecule has 34 heavy (non-hydrogen) atoms. The topological polar surface area (TPSA) is 130 Å². The molecule has 11 heteroatoms. The van der Waals surface area contributed by atoms with E-state index in [1.807, 2.05) is 0 Å². The summed E-state index contributed by atoms with van der Waals surface area (Å²) in [5, 5.41) is 13.7. The molecule has 0 radical (unpaired) electrons. The standard InChI is InChI=1S/C23H26N4O6S/c28-22(24-18-7-5-6-17(16-18)23(29)25-13-3-4-14-25)21-8-1-2-15-26(21)34(32,33)20-11-9-19(10-12-20)27(30)31/h5-7,9-12,16,21H,1-4,8,13-15H2,(H,24,28). The zero-order chi connectivity index (χ0) is 24.3. The number of anilines is 1. The molecule has 0 bridgehead atoms. The molecule has 2 saturated heterocycles. The lowest BCUT2D eigenvalue weighted by atomic mass is 10.0. The van der Waals surface area contributed by atoms with Crippen LogP contribution in [0.25, 0.3) is 0 Å². The molecule has 0 aliphatic carbocycles. The number of carbonyl (C=O) groups excluding carboxylic acids is 2. The molecule has 2 aliphatic rings. The lowest BCUT2D eigenvalue weighted by molar-refractivity contribution is -0.384. The van der Waals surface area contributed by atoms with E-state index >= 15 is 0 Å². The van der Waals surface area contributed by atoms with Gasteiger partial charge in [0.1, 0.15) is 6.04 Å². The van der Waals surface area contributed by atoms with Crippen molar-refractivity contribution in [3.05, 3.63) is 64.2 Å². The maximum Gasteiger partial charge on any atom is 0.269 e. The van der Waals surface area contributed by atoms with Crippen molar-refractivity contribution in [1.29, 1.82) is 0 Å². The SMILES string of the molecule is O=C(Nc1cccc(C(=O)N2CCCC2)c1)C1CCCCN1S(=O)(=O)c1ccc([N+](=O)[O-])cc1. The van der Waals surface area contributed by atoms with Crippen molar-refractivity contribution in [3.63, 3.8) is 0 Å². The molecule has 2 aromatic rings. The highest BCUT2D eigenvalue weighted by Gasteiger charge is 2.38. The number of amides is 2. The van der Waals surface area contributed by atoms with Crippen LogP contribution in [0, 0.1) is 10.1 Å². The first kappa shape index (κ1) is 23.8. The first-order chi connectivity index (χ1) is 16.3. The van der Waals surface area contributed by atoms with Crippen LogP contribution in [0.5, 0.6) is 0 Å². The van der Waals surface area contributed by atoms with Crippen molar-refractivity contribution in [1.82, 2.24) is 9.21 Å². The summed E-state index contributed by atoms with van der Waals surface area (Å²) in [6.45, 7) is 1.60. The third-order valence-corrected chi connectivity index (χ3v) is 8.10. The molecule has 0 saturated carbocycles. The van der Waals surface area contributed by atoms with Crippen LogP contribution < -0.4 is 5.32 Å². The molecule has 2 aromatic carbocycles. The molecule has 180 valence electrons. The molecular weight excluding hydrogens is 460 g/mol. The van der Waals surface area contributed by atoms with Gasteiger partial charge in [-0.1, -0.05) is 12.5 Å². The maximum absolute atomic E-state index is 13.3. The van der Waals surface area contributed by atoms with Gasteiger partial charge in [0, 0.05) is 43.0 Å². The average molecular weight is 487 g/mol. The summed E-state index contributed by atoms with van der Waals surface area (Å²) in [6, 6.07) is 10.4. The molecule has 2 heterocycles. The number of piperidine rings is 1. The van der Waals surface area contributed by atoms with Gasteiger partial charge < -0.3 is 10.2 Å². The van der Waals surface area contributed by atoms with Gasteiger partial charge in [0.05, 0.1) is 9.82 Å². The number of hydrogen-bond acceptors (Lipinski definition) is 6. The fourth-order valence-electron chi connectivity index (χ4n) is 4.39. The van der Waals surface area contributed by atoms with E-state index in [2.05, 4.69) is 5.32 Å². The van der Waals surface area contributed by atoms with Crippen molar-refractivity contribution in [2.45, 2.75) is 43.0 Å². The second kappa shape index (κ2) is 9.90. The normalized spacial score (nSPS) is 19.1. The predicted molar refractivity (Wildman–Crippen MR) is 125 cm³/mol. The fraction of sp³-hybridized carbons (Fsp3) is 0.391. The monoisotopic (exact) mass is 486 g/mol. The third kappa shape index (κ3) is 4.95. The van der Waals surface area contributed by atoms with Crippen molar-refractivity contribution < 1.29 is 22.9 Å². The fourth-order valence-corrected chi connectivity index (χ4v) is 6.04. The minimum Gasteiger partial charge on any atom is -0.339 e. The Morgan fingerprint density at radius 2 is 1.65 bits per heavy atom. The number of nitro benzene ring substituents is 1.